The number of nitrogens with zero attached hydrogens (tertiary/aromatic N) is 4. The van der Waals surface area contributed by atoms with Crippen LogP contribution in [-0.2, 0) is 0 Å². The lowest BCUT2D eigenvalue weighted by atomic mass is 10.2. The summed E-state index contributed by atoms with van der Waals surface area (Å²) in [7, 11) is 0. The van der Waals surface area contributed by atoms with E-state index in [2.05, 4.69) is 20.4 Å². The first-order valence-electron chi connectivity index (χ1n) is 5.77. The van der Waals surface area contributed by atoms with Crippen LogP contribution in [0.1, 0.15) is 12.8 Å². The van der Waals surface area contributed by atoms with Crippen LogP contribution in [0, 0.1) is 0 Å². The zero-order valence-corrected chi connectivity index (χ0v) is 9.17. The molecule has 1 N–H and O–H groups in total. The maximum atomic E-state index is 4.61. The summed E-state index contributed by atoms with van der Waals surface area (Å²) in [6, 6.07) is 8.56. The molecule has 1 aromatic carbocycles. The third-order valence-corrected chi connectivity index (χ3v) is 3.03. The first kappa shape index (κ1) is 8.92. The third-order valence-electron chi connectivity index (χ3n) is 3.03. The molecular weight excluding hydrogens is 214 g/mol. The molecule has 1 fully saturated rings. The second kappa shape index (κ2) is 3.16. The van der Waals surface area contributed by atoms with Gasteiger partial charge in [0.05, 0.1) is 5.52 Å². The average molecular weight is 225 g/mol. The standard InChI is InChI=1S/C12H11N5/c1-2-4-10-9(3-1)11-13-7-14-17(11)12(16-10)15-8-5-6-8/h1-4,7-8H,5-6H2,(H,15,16). The number of hydrogen-bond acceptors (Lipinski definition) is 4. The molecule has 5 heteroatoms. The van der Waals surface area contributed by atoms with Crippen molar-refractivity contribution in [1.82, 2.24) is 19.6 Å². The Labute approximate surface area is 97.5 Å². The molecule has 2 aromatic heterocycles. The van der Waals surface area contributed by atoms with E-state index < -0.39 is 0 Å². The fraction of sp³-hybridized carbons (Fsp3) is 0.250. The van der Waals surface area contributed by atoms with Gasteiger partial charge in [0.15, 0.2) is 5.65 Å². The van der Waals surface area contributed by atoms with Gasteiger partial charge in [-0.25, -0.2) is 9.97 Å². The highest BCUT2D eigenvalue weighted by molar-refractivity contribution is 5.92. The van der Waals surface area contributed by atoms with Crippen LogP contribution < -0.4 is 5.32 Å². The molecule has 1 saturated carbocycles. The Balaban J connectivity index is 2.05. The molecular formula is C12H11N5. The zero-order chi connectivity index (χ0) is 11.2. The molecule has 0 spiro atoms. The average Bonchev–Trinajstić information content (AvgIpc) is 3.03. The maximum Gasteiger partial charge on any atom is 0.226 e. The van der Waals surface area contributed by atoms with E-state index in [1.54, 1.807) is 10.8 Å². The van der Waals surface area contributed by atoms with Gasteiger partial charge >= 0.3 is 0 Å². The van der Waals surface area contributed by atoms with E-state index in [9.17, 15) is 0 Å². The van der Waals surface area contributed by atoms with Gasteiger partial charge in [-0.15, -0.1) is 0 Å². The first-order chi connectivity index (χ1) is 8.42. The largest absolute Gasteiger partial charge is 0.351 e. The predicted molar refractivity (Wildman–Crippen MR) is 64.9 cm³/mol. The fourth-order valence-corrected chi connectivity index (χ4v) is 2.01. The monoisotopic (exact) mass is 225 g/mol. The van der Waals surface area contributed by atoms with Crippen LogP contribution in [0.3, 0.4) is 0 Å². The Bertz CT molecular complexity index is 698. The van der Waals surface area contributed by atoms with Crippen LogP contribution >= 0.6 is 0 Å². The Morgan fingerprint density at radius 1 is 1.24 bits per heavy atom. The van der Waals surface area contributed by atoms with Gasteiger partial charge in [0.1, 0.15) is 6.33 Å². The molecule has 2 heterocycles. The van der Waals surface area contributed by atoms with E-state index in [1.165, 1.54) is 12.8 Å². The van der Waals surface area contributed by atoms with Gasteiger partial charge in [-0.2, -0.15) is 9.61 Å². The highest BCUT2D eigenvalue weighted by Gasteiger charge is 2.23. The van der Waals surface area contributed by atoms with Gasteiger partial charge in [-0.3, -0.25) is 0 Å². The van der Waals surface area contributed by atoms with Gasteiger partial charge in [0, 0.05) is 11.4 Å². The quantitative estimate of drug-likeness (QED) is 0.723. The van der Waals surface area contributed by atoms with Crippen molar-refractivity contribution in [1.29, 1.82) is 0 Å². The molecule has 0 radical (unpaired) electrons. The van der Waals surface area contributed by atoms with Crippen LogP contribution in [0.25, 0.3) is 16.6 Å². The van der Waals surface area contributed by atoms with E-state index in [0.29, 0.717) is 6.04 Å². The van der Waals surface area contributed by atoms with Crippen molar-refractivity contribution in [3.05, 3.63) is 30.6 Å². The molecule has 0 bridgehead atoms. The highest BCUT2D eigenvalue weighted by atomic mass is 15.4. The number of rotatable bonds is 2. The summed E-state index contributed by atoms with van der Waals surface area (Å²) in [5, 5.41) is 8.65. The Kier molecular flexibility index (Phi) is 1.66. The summed E-state index contributed by atoms with van der Waals surface area (Å²) < 4.78 is 1.78. The van der Waals surface area contributed by atoms with Gasteiger partial charge in [0.25, 0.3) is 0 Å². The summed E-state index contributed by atoms with van der Waals surface area (Å²) in [4.78, 5) is 8.91. The third kappa shape index (κ3) is 1.35. The molecule has 1 aliphatic rings. The summed E-state index contributed by atoms with van der Waals surface area (Å²) >= 11 is 0. The molecule has 0 unspecified atom stereocenters. The number of hydrogen-bond donors (Lipinski definition) is 1. The Morgan fingerprint density at radius 2 is 2.12 bits per heavy atom. The lowest BCUT2D eigenvalue weighted by molar-refractivity contribution is 0.916. The second-order valence-electron chi connectivity index (χ2n) is 4.37. The molecule has 17 heavy (non-hydrogen) atoms. The van der Waals surface area contributed by atoms with Crippen LogP contribution in [0.2, 0.25) is 0 Å². The minimum atomic E-state index is 0.552. The summed E-state index contributed by atoms with van der Waals surface area (Å²) in [6.07, 6.45) is 4.00. The molecule has 4 rings (SSSR count). The smallest absolute Gasteiger partial charge is 0.226 e. The van der Waals surface area contributed by atoms with Crippen LogP contribution in [-0.4, -0.2) is 25.6 Å². The van der Waals surface area contributed by atoms with E-state index in [1.807, 2.05) is 24.3 Å². The van der Waals surface area contributed by atoms with E-state index in [4.69, 9.17) is 0 Å². The fourth-order valence-electron chi connectivity index (χ4n) is 2.01. The van der Waals surface area contributed by atoms with Crippen LogP contribution in [0.15, 0.2) is 30.6 Å². The molecule has 0 amide bonds. The summed E-state index contributed by atoms with van der Waals surface area (Å²) in [6.45, 7) is 0. The minimum absolute atomic E-state index is 0.552. The first-order valence-corrected chi connectivity index (χ1v) is 5.77. The minimum Gasteiger partial charge on any atom is -0.351 e. The topological polar surface area (TPSA) is 55.1 Å². The van der Waals surface area contributed by atoms with Crippen molar-refractivity contribution in [2.24, 2.45) is 0 Å². The van der Waals surface area contributed by atoms with Gasteiger partial charge in [-0.05, 0) is 25.0 Å². The number of fused-ring (bicyclic) bond motifs is 3. The highest BCUT2D eigenvalue weighted by Crippen LogP contribution is 2.26. The number of anilines is 1. The number of para-hydroxylation sites is 1. The van der Waals surface area contributed by atoms with Crippen molar-refractivity contribution in [3.8, 4) is 0 Å². The molecule has 0 saturated heterocycles. The Morgan fingerprint density at radius 3 is 3.00 bits per heavy atom. The maximum absolute atomic E-state index is 4.61. The van der Waals surface area contributed by atoms with Gasteiger partial charge in [-0.1, -0.05) is 12.1 Å². The lowest BCUT2D eigenvalue weighted by Gasteiger charge is -2.07. The molecule has 5 nitrogen and oxygen atoms in total. The van der Waals surface area contributed by atoms with E-state index in [0.717, 1.165) is 22.5 Å². The molecule has 84 valence electrons. The van der Waals surface area contributed by atoms with Gasteiger partial charge < -0.3 is 5.32 Å². The van der Waals surface area contributed by atoms with Crippen molar-refractivity contribution in [2.75, 3.05) is 5.32 Å². The molecule has 3 aromatic rings. The van der Waals surface area contributed by atoms with Crippen molar-refractivity contribution >= 4 is 22.5 Å². The molecule has 0 atom stereocenters. The summed E-state index contributed by atoms with van der Waals surface area (Å²) in [5.74, 6) is 0.790. The number of aromatic nitrogens is 4. The van der Waals surface area contributed by atoms with Gasteiger partial charge in [0.2, 0.25) is 5.95 Å². The SMILES string of the molecule is c1ccc2c(c1)nc(NC1CC1)n1ncnc21. The summed E-state index contributed by atoms with van der Waals surface area (Å²) in [5.41, 5.74) is 1.81. The second-order valence-corrected chi connectivity index (χ2v) is 4.37. The van der Waals surface area contributed by atoms with E-state index in [-0.39, 0.29) is 0 Å². The van der Waals surface area contributed by atoms with Crippen LogP contribution in [0.4, 0.5) is 5.95 Å². The van der Waals surface area contributed by atoms with E-state index >= 15 is 0 Å². The number of nitrogens with one attached hydrogen (secondary N) is 1. The molecule has 1 aliphatic carbocycles. The van der Waals surface area contributed by atoms with Crippen LogP contribution in [0.5, 0.6) is 0 Å². The zero-order valence-electron chi connectivity index (χ0n) is 9.17. The Hall–Kier alpha value is -2.17. The van der Waals surface area contributed by atoms with Crippen molar-refractivity contribution < 1.29 is 0 Å². The normalized spacial score (nSPS) is 15.5. The van der Waals surface area contributed by atoms with Crippen molar-refractivity contribution in [2.45, 2.75) is 18.9 Å². The predicted octanol–water partition coefficient (Wildman–Crippen LogP) is 1.85. The molecule has 0 aliphatic heterocycles. The lowest BCUT2D eigenvalue weighted by Crippen LogP contribution is -2.09. The van der Waals surface area contributed by atoms with Crippen molar-refractivity contribution in [3.63, 3.8) is 0 Å². The number of benzene rings is 1.